The number of alkyl halides is 3. The number of nitrogens with zero attached hydrogens (tertiary/aromatic N) is 3. The van der Waals surface area contributed by atoms with Crippen LogP contribution in [-0.2, 0) is 22.2 Å². The van der Waals surface area contributed by atoms with Gasteiger partial charge in [0.15, 0.2) is 0 Å². The van der Waals surface area contributed by atoms with Crippen LogP contribution in [-0.4, -0.2) is 47.8 Å². The van der Waals surface area contributed by atoms with Crippen LogP contribution in [0.25, 0.3) is 11.1 Å². The number of cyclic esters (lactones) is 1. The van der Waals surface area contributed by atoms with E-state index < -0.39 is 30.0 Å². The average molecular weight is 572 g/mol. The van der Waals surface area contributed by atoms with E-state index in [-0.39, 0.29) is 18.4 Å². The van der Waals surface area contributed by atoms with Crippen molar-refractivity contribution >= 4 is 11.9 Å². The van der Waals surface area contributed by atoms with Crippen LogP contribution in [0.4, 0.5) is 28.2 Å². The summed E-state index contributed by atoms with van der Waals surface area (Å²) < 4.78 is 65.8. The largest absolute Gasteiger partial charge is 0.439 e. The van der Waals surface area contributed by atoms with Crippen LogP contribution in [0.3, 0.4) is 0 Å². The molecule has 3 aromatic rings. The Hall–Kier alpha value is -3.66. The number of hydrogen-bond donors (Lipinski definition) is 0. The van der Waals surface area contributed by atoms with Gasteiger partial charge in [0.1, 0.15) is 17.7 Å². The molecule has 2 aliphatic heterocycles. The molecule has 0 unspecified atom stereocenters. The number of pyridine rings is 1. The highest BCUT2D eigenvalue weighted by Gasteiger charge is 2.41. The number of ether oxygens (including phenoxy) is 2. The monoisotopic (exact) mass is 571 g/mol. The quantitative estimate of drug-likeness (QED) is 0.279. The van der Waals surface area contributed by atoms with Gasteiger partial charge in [-0.1, -0.05) is 23.8 Å². The van der Waals surface area contributed by atoms with Crippen molar-refractivity contribution in [1.82, 2.24) is 9.88 Å². The van der Waals surface area contributed by atoms with Gasteiger partial charge < -0.3 is 14.4 Å². The molecule has 5 rings (SSSR count). The molecule has 0 spiro atoms. The predicted molar refractivity (Wildman–Crippen MR) is 147 cm³/mol. The first-order chi connectivity index (χ1) is 19.5. The molecule has 3 heterocycles. The lowest BCUT2D eigenvalue weighted by atomic mass is 9.98. The summed E-state index contributed by atoms with van der Waals surface area (Å²) in [5.41, 5.74) is 2.03. The molecule has 0 aliphatic carbocycles. The zero-order chi connectivity index (χ0) is 29.3. The van der Waals surface area contributed by atoms with E-state index in [2.05, 4.69) is 4.90 Å². The molecule has 41 heavy (non-hydrogen) atoms. The summed E-state index contributed by atoms with van der Waals surface area (Å²) in [5.74, 6) is 0.333. The minimum atomic E-state index is -4.52. The van der Waals surface area contributed by atoms with Gasteiger partial charge in [0.05, 0.1) is 18.2 Å². The molecule has 6 nitrogen and oxygen atoms in total. The third-order valence-corrected chi connectivity index (χ3v) is 7.83. The summed E-state index contributed by atoms with van der Waals surface area (Å²) in [5, 5.41) is 0. The number of amides is 1. The molecule has 2 atom stereocenters. The number of carbonyl (C=O) groups excluding carboxylic acids is 1. The van der Waals surface area contributed by atoms with Crippen molar-refractivity contribution in [1.29, 1.82) is 0 Å². The summed E-state index contributed by atoms with van der Waals surface area (Å²) in [6.07, 6.45) is -2.63. The molecular formula is C31H33F4N3O3. The topological polar surface area (TPSA) is 54.9 Å². The minimum Gasteiger partial charge on any atom is -0.439 e. The summed E-state index contributed by atoms with van der Waals surface area (Å²) >= 11 is 0. The first kappa shape index (κ1) is 28.9. The van der Waals surface area contributed by atoms with Gasteiger partial charge in [0.25, 0.3) is 0 Å². The van der Waals surface area contributed by atoms with Gasteiger partial charge in [0, 0.05) is 43.1 Å². The predicted octanol–water partition coefficient (Wildman–Crippen LogP) is 7.30. The van der Waals surface area contributed by atoms with Gasteiger partial charge >= 0.3 is 12.3 Å². The zero-order valence-corrected chi connectivity index (χ0v) is 23.2. The van der Waals surface area contributed by atoms with E-state index in [4.69, 9.17) is 14.5 Å². The highest BCUT2D eigenvalue weighted by Crippen LogP contribution is 2.39. The van der Waals surface area contributed by atoms with Crippen molar-refractivity contribution in [3.63, 3.8) is 0 Å². The maximum atomic E-state index is 14.0. The number of carbonyl (C=O) groups is 1. The molecule has 0 bridgehead atoms. The highest BCUT2D eigenvalue weighted by atomic mass is 19.4. The van der Waals surface area contributed by atoms with E-state index in [0.717, 1.165) is 30.5 Å². The van der Waals surface area contributed by atoms with Gasteiger partial charge in [-0.15, -0.1) is 0 Å². The Morgan fingerprint density at radius 1 is 1.07 bits per heavy atom. The number of rotatable bonds is 7. The molecule has 2 fully saturated rings. The van der Waals surface area contributed by atoms with Crippen LogP contribution in [0.1, 0.15) is 55.0 Å². The summed E-state index contributed by atoms with van der Waals surface area (Å²) in [7, 11) is 0. The maximum absolute atomic E-state index is 14.0. The third-order valence-electron chi connectivity index (χ3n) is 7.83. The Morgan fingerprint density at radius 2 is 1.83 bits per heavy atom. The molecular weight excluding hydrogens is 538 g/mol. The Morgan fingerprint density at radius 3 is 2.51 bits per heavy atom. The van der Waals surface area contributed by atoms with Crippen LogP contribution < -0.4 is 4.90 Å². The van der Waals surface area contributed by atoms with Crippen LogP contribution in [0, 0.1) is 12.7 Å². The standard InChI is InChI=1S/C31H33F4N3O3/c1-4-37(27-8-10-40-11-9-27)29-24(14-23(17-36-29)21-6-5-7-26(32)16-21)18-38-20(3)28(41-30(38)39)22-12-19(2)13-25(15-22)31(33,34)35/h5-7,12-17,20,27-28H,4,8-11,18H2,1-3H3/t20-,28-/m0/s1. The highest BCUT2D eigenvalue weighted by molar-refractivity contribution is 5.72. The fraction of sp³-hybridized carbons (Fsp3) is 0.419. The van der Waals surface area contributed by atoms with Crippen molar-refractivity contribution in [2.24, 2.45) is 0 Å². The molecule has 2 saturated heterocycles. The van der Waals surface area contributed by atoms with E-state index in [1.807, 2.05) is 13.0 Å². The second kappa shape index (κ2) is 11.7. The van der Waals surface area contributed by atoms with Gasteiger partial charge in [-0.05, 0) is 75.1 Å². The SMILES string of the molecule is CCN(c1ncc(-c2cccc(F)c2)cc1CN1C(=O)O[C@H](c2cc(C)cc(C(F)(F)F)c2)[C@@H]1C)C1CCOCC1. The molecule has 0 N–H and O–H groups in total. The lowest BCUT2D eigenvalue weighted by Crippen LogP contribution is -2.41. The minimum absolute atomic E-state index is 0.125. The number of aromatic nitrogens is 1. The number of benzene rings is 2. The third kappa shape index (κ3) is 6.17. The van der Waals surface area contributed by atoms with Crippen molar-refractivity contribution < 1.29 is 31.8 Å². The van der Waals surface area contributed by atoms with Crippen LogP contribution >= 0.6 is 0 Å². The number of aryl methyl sites for hydroxylation is 1. The normalized spacial score (nSPS) is 19.9. The lowest BCUT2D eigenvalue weighted by Gasteiger charge is -2.36. The second-order valence-corrected chi connectivity index (χ2v) is 10.6. The Bertz CT molecular complexity index is 1410. The van der Waals surface area contributed by atoms with Crippen LogP contribution in [0.15, 0.2) is 54.7 Å². The molecule has 10 heteroatoms. The molecule has 1 amide bonds. The van der Waals surface area contributed by atoms with Crippen LogP contribution in [0.2, 0.25) is 0 Å². The van der Waals surface area contributed by atoms with Gasteiger partial charge in [0.2, 0.25) is 0 Å². The summed E-state index contributed by atoms with van der Waals surface area (Å²) in [6.45, 7) is 7.49. The van der Waals surface area contributed by atoms with E-state index in [0.29, 0.717) is 47.8 Å². The molecule has 2 aliphatic rings. The molecule has 218 valence electrons. The first-order valence-electron chi connectivity index (χ1n) is 13.8. The van der Waals surface area contributed by atoms with Crippen molar-refractivity contribution in [3.8, 4) is 11.1 Å². The Balaban J connectivity index is 1.50. The molecule has 0 radical (unpaired) electrons. The fourth-order valence-corrected chi connectivity index (χ4v) is 5.77. The Labute approximate surface area is 236 Å². The smallest absolute Gasteiger partial charge is 0.416 e. The Kier molecular flexibility index (Phi) is 8.22. The van der Waals surface area contributed by atoms with Crippen molar-refractivity contribution in [2.75, 3.05) is 24.7 Å². The maximum Gasteiger partial charge on any atom is 0.416 e. The average Bonchev–Trinajstić information content (AvgIpc) is 3.22. The fourth-order valence-electron chi connectivity index (χ4n) is 5.77. The molecule has 0 saturated carbocycles. The second-order valence-electron chi connectivity index (χ2n) is 10.6. The number of halogens is 4. The molecule has 1 aromatic heterocycles. The van der Waals surface area contributed by atoms with E-state index in [1.165, 1.54) is 17.0 Å². The van der Waals surface area contributed by atoms with Gasteiger partial charge in [-0.3, -0.25) is 4.90 Å². The number of anilines is 1. The summed E-state index contributed by atoms with van der Waals surface area (Å²) in [6, 6.07) is 11.5. The van der Waals surface area contributed by atoms with E-state index in [9.17, 15) is 22.4 Å². The number of hydrogen-bond acceptors (Lipinski definition) is 5. The van der Waals surface area contributed by atoms with Gasteiger partial charge in [-0.2, -0.15) is 13.2 Å². The first-order valence-corrected chi connectivity index (χ1v) is 13.8. The van der Waals surface area contributed by atoms with Crippen molar-refractivity contribution in [2.45, 2.75) is 64.5 Å². The van der Waals surface area contributed by atoms with Gasteiger partial charge in [-0.25, -0.2) is 14.2 Å². The lowest BCUT2D eigenvalue weighted by molar-refractivity contribution is -0.137. The summed E-state index contributed by atoms with van der Waals surface area (Å²) in [4.78, 5) is 21.7. The van der Waals surface area contributed by atoms with E-state index in [1.54, 1.807) is 38.2 Å². The van der Waals surface area contributed by atoms with Crippen molar-refractivity contribution in [3.05, 3.63) is 82.8 Å². The zero-order valence-electron chi connectivity index (χ0n) is 23.2. The van der Waals surface area contributed by atoms with E-state index >= 15 is 0 Å². The van der Waals surface area contributed by atoms with Crippen LogP contribution in [0.5, 0.6) is 0 Å². The molecule has 2 aromatic carbocycles.